The quantitative estimate of drug-likeness (QED) is 0.335. The predicted molar refractivity (Wildman–Crippen MR) is 116 cm³/mol. The smallest absolute Gasteiger partial charge is 0.303 e. The van der Waals surface area contributed by atoms with Crippen molar-refractivity contribution in [2.45, 2.75) is 66.0 Å². The van der Waals surface area contributed by atoms with E-state index in [1.807, 2.05) is 0 Å². The summed E-state index contributed by atoms with van der Waals surface area (Å²) in [6.45, 7) is 6.27. The Morgan fingerprint density at radius 3 is 1.77 bits per heavy atom. The summed E-state index contributed by atoms with van der Waals surface area (Å²) in [5.74, 6) is -5.33. The van der Waals surface area contributed by atoms with E-state index in [1.54, 1.807) is 13.0 Å². The van der Waals surface area contributed by atoms with E-state index in [4.69, 9.17) is 23.7 Å². The van der Waals surface area contributed by atoms with Crippen LogP contribution < -0.4 is 5.32 Å². The first-order valence-corrected chi connectivity index (χ1v) is 10.4. The molecule has 1 aromatic rings. The number of amides is 1. The molecule has 0 saturated heterocycles. The number of ether oxygens (including phenoxy) is 5. The summed E-state index contributed by atoms with van der Waals surface area (Å²) in [6.07, 6.45) is -5.49. The van der Waals surface area contributed by atoms with Gasteiger partial charge in [0, 0.05) is 40.8 Å². The van der Waals surface area contributed by atoms with Gasteiger partial charge in [-0.15, -0.1) is 0 Å². The van der Waals surface area contributed by atoms with Crippen molar-refractivity contribution in [3.63, 3.8) is 0 Å². The second kappa shape index (κ2) is 13.6. The fraction of sp³-hybridized carbons (Fsp3) is 0.500. The van der Waals surface area contributed by atoms with Crippen molar-refractivity contribution in [2.24, 2.45) is 0 Å². The first kappa shape index (κ1) is 29.0. The third-order valence-corrected chi connectivity index (χ3v) is 4.07. The molecule has 13 heteroatoms. The van der Waals surface area contributed by atoms with Crippen molar-refractivity contribution < 1.29 is 52.5 Å². The number of nitrogens with one attached hydrogen (secondary N) is 1. The van der Waals surface area contributed by atoms with Crippen molar-refractivity contribution in [2.75, 3.05) is 11.9 Å². The fourth-order valence-electron chi connectivity index (χ4n) is 2.84. The van der Waals surface area contributed by atoms with Gasteiger partial charge < -0.3 is 29.0 Å². The zero-order chi connectivity index (χ0) is 26.7. The van der Waals surface area contributed by atoms with Crippen LogP contribution in [0, 0.1) is 6.92 Å². The van der Waals surface area contributed by atoms with Gasteiger partial charge in [0.05, 0.1) is 0 Å². The molecule has 0 fully saturated rings. The van der Waals surface area contributed by atoms with Crippen LogP contribution in [0.5, 0.6) is 0 Å². The lowest BCUT2D eigenvalue weighted by Gasteiger charge is -2.34. The van der Waals surface area contributed by atoms with E-state index in [2.05, 4.69) is 10.3 Å². The molecule has 13 nitrogen and oxygen atoms in total. The van der Waals surface area contributed by atoms with Crippen LogP contribution in [0.15, 0.2) is 18.3 Å². The van der Waals surface area contributed by atoms with E-state index in [-0.39, 0.29) is 5.82 Å². The summed E-state index contributed by atoms with van der Waals surface area (Å²) < 4.78 is 25.6. The molecule has 0 bridgehead atoms. The zero-order valence-corrected chi connectivity index (χ0v) is 20.2. The van der Waals surface area contributed by atoms with Crippen molar-refractivity contribution >= 4 is 41.6 Å². The van der Waals surface area contributed by atoms with Gasteiger partial charge in [0.15, 0.2) is 18.3 Å². The SMILES string of the molecule is CC(=O)OCC(OC(C)=O)C(OC(C)=O)C(OC(C)=O)C(OC(C)=O)C(=O)Nc1ccc(C)cn1. The Balaban J connectivity index is 3.51. The van der Waals surface area contributed by atoms with Crippen LogP contribution >= 0.6 is 0 Å². The Hall–Kier alpha value is -4.03. The van der Waals surface area contributed by atoms with Gasteiger partial charge in [0.25, 0.3) is 5.91 Å². The molecule has 0 aliphatic carbocycles. The lowest BCUT2D eigenvalue weighted by molar-refractivity contribution is -0.202. The van der Waals surface area contributed by atoms with E-state index >= 15 is 0 Å². The highest BCUT2D eigenvalue weighted by atomic mass is 16.6. The van der Waals surface area contributed by atoms with E-state index < -0.39 is 66.8 Å². The Bertz CT molecular complexity index is 945. The number of hydrogen-bond donors (Lipinski definition) is 1. The Kier molecular flexibility index (Phi) is 11.3. The van der Waals surface area contributed by atoms with Crippen LogP contribution in [0.2, 0.25) is 0 Å². The Labute approximate surface area is 201 Å². The molecule has 1 aromatic heterocycles. The zero-order valence-electron chi connectivity index (χ0n) is 20.2. The number of anilines is 1. The van der Waals surface area contributed by atoms with Crippen LogP contribution in [-0.4, -0.2) is 71.8 Å². The van der Waals surface area contributed by atoms with Gasteiger partial charge in [-0.1, -0.05) is 6.07 Å². The normalized spacial score (nSPS) is 13.8. The second-order valence-corrected chi connectivity index (χ2v) is 7.34. The van der Waals surface area contributed by atoms with Gasteiger partial charge in [-0.25, -0.2) is 4.98 Å². The van der Waals surface area contributed by atoms with Gasteiger partial charge in [0.2, 0.25) is 6.10 Å². The maximum absolute atomic E-state index is 13.1. The highest BCUT2D eigenvalue weighted by molar-refractivity contribution is 5.95. The molecule has 192 valence electrons. The Morgan fingerprint density at radius 1 is 0.771 bits per heavy atom. The fourth-order valence-corrected chi connectivity index (χ4v) is 2.84. The first-order valence-electron chi connectivity index (χ1n) is 10.4. The molecule has 1 rings (SSSR count). The van der Waals surface area contributed by atoms with E-state index in [1.165, 1.54) is 12.3 Å². The largest absolute Gasteiger partial charge is 0.462 e. The van der Waals surface area contributed by atoms with Crippen LogP contribution in [0.4, 0.5) is 5.82 Å². The maximum Gasteiger partial charge on any atom is 0.303 e. The summed E-state index contributed by atoms with van der Waals surface area (Å²) in [5, 5.41) is 2.41. The van der Waals surface area contributed by atoms with E-state index in [0.29, 0.717) is 0 Å². The number of hydrogen-bond acceptors (Lipinski definition) is 12. The number of aryl methyl sites for hydroxylation is 1. The average Bonchev–Trinajstić information content (AvgIpc) is 2.72. The molecule has 0 aliphatic rings. The molecule has 0 spiro atoms. The van der Waals surface area contributed by atoms with Gasteiger partial charge in [-0.05, 0) is 18.6 Å². The predicted octanol–water partition coefficient (Wildman–Crippen LogP) is 0.618. The Morgan fingerprint density at radius 2 is 1.31 bits per heavy atom. The molecule has 1 amide bonds. The number of carbonyl (C=O) groups is 6. The minimum absolute atomic E-state index is 0.0832. The lowest BCUT2D eigenvalue weighted by Crippen LogP contribution is -2.56. The van der Waals surface area contributed by atoms with Crippen molar-refractivity contribution in [1.82, 2.24) is 4.98 Å². The monoisotopic (exact) mass is 496 g/mol. The third-order valence-electron chi connectivity index (χ3n) is 4.07. The van der Waals surface area contributed by atoms with Crippen LogP contribution in [0.25, 0.3) is 0 Å². The number of rotatable bonds is 11. The molecule has 35 heavy (non-hydrogen) atoms. The number of aromatic nitrogens is 1. The lowest BCUT2D eigenvalue weighted by atomic mass is 10.0. The summed E-state index contributed by atoms with van der Waals surface area (Å²) in [5.41, 5.74) is 0.807. The highest BCUT2D eigenvalue weighted by Gasteiger charge is 2.47. The van der Waals surface area contributed by atoms with Gasteiger partial charge in [0.1, 0.15) is 12.4 Å². The van der Waals surface area contributed by atoms with E-state index in [0.717, 1.165) is 40.2 Å². The average molecular weight is 496 g/mol. The maximum atomic E-state index is 13.1. The van der Waals surface area contributed by atoms with Crippen molar-refractivity contribution in [3.8, 4) is 0 Å². The van der Waals surface area contributed by atoms with Crippen LogP contribution in [0.1, 0.15) is 40.2 Å². The number of esters is 5. The van der Waals surface area contributed by atoms with Crippen LogP contribution in [-0.2, 0) is 52.5 Å². The van der Waals surface area contributed by atoms with Crippen molar-refractivity contribution in [1.29, 1.82) is 0 Å². The van der Waals surface area contributed by atoms with Gasteiger partial charge in [-0.2, -0.15) is 0 Å². The number of pyridine rings is 1. The molecular formula is C22H28N2O11. The highest BCUT2D eigenvalue weighted by Crippen LogP contribution is 2.21. The number of nitrogens with zero attached hydrogens (tertiary/aromatic N) is 1. The standard InChI is InChI=1S/C22H28N2O11/c1-11-7-8-18(23-9-11)24-22(30)21(35-16(6)29)20(34-15(5)28)19(33-14(4)27)17(32-13(3)26)10-31-12(2)25/h7-9,17,19-21H,10H2,1-6H3,(H,23,24,30). The summed E-state index contributed by atoms with van der Waals surface area (Å²) in [7, 11) is 0. The van der Waals surface area contributed by atoms with Gasteiger partial charge in [-0.3, -0.25) is 28.8 Å². The second-order valence-electron chi connectivity index (χ2n) is 7.34. The minimum Gasteiger partial charge on any atom is -0.462 e. The molecule has 0 aliphatic heterocycles. The molecule has 0 aromatic carbocycles. The third kappa shape index (κ3) is 10.6. The molecule has 4 unspecified atom stereocenters. The molecule has 0 saturated carbocycles. The molecule has 1 heterocycles. The first-order chi connectivity index (χ1) is 16.3. The molecule has 1 N–H and O–H groups in total. The topological polar surface area (TPSA) is 173 Å². The summed E-state index contributed by atoms with van der Waals surface area (Å²) in [4.78, 5) is 75.8. The molecule has 0 radical (unpaired) electrons. The summed E-state index contributed by atoms with van der Waals surface area (Å²) >= 11 is 0. The minimum atomic E-state index is -1.89. The van der Waals surface area contributed by atoms with Crippen molar-refractivity contribution in [3.05, 3.63) is 23.9 Å². The number of carbonyl (C=O) groups excluding carboxylic acids is 6. The van der Waals surface area contributed by atoms with Crippen LogP contribution in [0.3, 0.4) is 0 Å². The van der Waals surface area contributed by atoms with E-state index in [9.17, 15) is 28.8 Å². The molecular weight excluding hydrogens is 468 g/mol. The molecule has 4 atom stereocenters. The summed E-state index contributed by atoms with van der Waals surface area (Å²) in [6, 6.07) is 3.13. The van der Waals surface area contributed by atoms with Gasteiger partial charge >= 0.3 is 29.8 Å².